The first kappa shape index (κ1) is 17.4. The van der Waals surface area contributed by atoms with E-state index in [1.807, 2.05) is 0 Å². The van der Waals surface area contributed by atoms with Crippen molar-refractivity contribution in [2.75, 3.05) is 7.11 Å². The molecule has 0 amide bonds. The summed E-state index contributed by atoms with van der Waals surface area (Å²) in [6, 6.07) is 10.7. The molecule has 132 valence electrons. The Labute approximate surface area is 152 Å². The number of aliphatic imine (C=N–C) groups is 1. The first-order chi connectivity index (χ1) is 12.5. The number of ether oxygens (including phenoxy) is 1. The van der Waals surface area contributed by atoms with Gasteiger partial charge in [0.05, 0.1) is 18.2 Å². The lowest BCUT2D eigenvalue weighted by Gasteiger charge is -2.03. The molecular formula is C17H12ClN3O5. The molecule has 9 heteroatoms. The second-order valence-electron chi connectivity index (χ2n) is 5.09. The molecule has 0 unspecified atom stereocenters. The highest BCUT2D eigenvalue weighted by atomic mass is 35.5. The average molecular weight is 374 g/mol. The molecular weight excluding hydrogens is 362 g/mol. The number of oxazole rings is 1. The molecule has 0 spiro atoms. The fraction of sp³-hybridized carbons (Fsp3) is 0.0588. The molecule has 0 aliphatic heterocycles. The van der Waals surface area contributed by atoms with Gasteiger partial charge >= 0.3 is 5.95 Å². The van der Waals surface area contributed by atoms with Crippen LogP contribution < -0.4 is 4.74 Å². The van der Waals surface area contributed by atoms with Gasteiger partial charge in [0.15, 0.2) is 5.69 Å². The Balaban J connectivity index is 1.93. The number of nitro benzene ring substituents is 1. The maximum Gasteiger partial charge on any atom is 0.312 e. The summed E-state index contributed by atoms with van der Waals surface area (Å²) in [5.41, 5.74) is 0.780. The highest BCUT2D eigenvalue weighted by molar-refractivity contribution is 6.30. The molecule has 2 aromatic carbocycles. The van der Waals surface area contributed by atoms with Crippen LogP contribution in [-0.4, -0.2) is 28.3 Å². The fourth-order valence-corrected chi connectivity index (χ4v) is 2.27. The number of nitro groups is 1. The maximum atomic E-state index is 10.9. The van der Waals surface area contributed by atoms with Crippen molar-refractivity contribution in [2.24, 2.45) is 4.99 Å². The Morgan fingerprint density at radius 3 is 2.69 bits per heavy atom. The number of aromatic hydroxyl groups is 1. The van der Waals surface area contributed by atoms with E-state index in [1.165, 1.54) is 31.5 Å². The number of rotatable bonds is 5. The smallest absolute Gasteiger partial charge is 0.312 e. The highest BCUT2D eigenvalue weighted by Gasteiger charge is 2.14. The SMILES string of the molecule is COc1ccc([N+](=O)[O-])cc1N=Cc1nc(-c2ccc(Cl)cc2)oc1O. The maximum absolute atomic E-state index is 10.9. The van der Waals surface area contributed by atoms with Gasteiger partial charge in [-0.1, -0.05) is 11.6 Å². The largest absolute Gasteiger partial charge is 0.494 e. The van der Waals surface area contributed by atoms with Gasteiger partial charge in [-0.05, 0) is 30.3 Å². The molecule has 0 bridgehead atoms. The van der Waals surface area contributed by atoms with Crippen LogP contribution in [0.1, 0.15) is 5.69 Å². The molecule has 0 fully saturated rings. The molecule has 0 radical (unpaired) electrons. The van der Waals surface area contributed by atoms with Crippen molar-refractivity contribution in [3.8, 4) is 23.1 Å². The zero-order valence-corrected chi connectivity index (χ0v) is 14.2. The quantitative estimate of drug-likeness (QED) is 0.404. The standard InChI is InChI=1S/C17H12ClN3O5/c1-25-15-7-6-12(21(23)24)8-13(15)19-9-14-17(22)26-16(20-14)10-2-4-11(18)5-3-10/h2-9,22H,1H3. The van der Waals surface area contributed by atoms with Gasteiger partial charge in [0, 0.05) is 22.7 Å². The fourth-order valence-electron chi connectivity index (χ4n) is 2.15. The van der Waals surface area contributed by atoms with Crippen LogP contribution in [0.25, 0.3) is 11.5 Å². The molecule has 1 aromatic heterocycles. The van der Waals surface area contributed by atoms with E-state index in [2.05, 4.69) is 9.98 Å². The number of hydrogen-bond donors (Lipinski definition) is 1. The topological polar surface area (TPSA) is 111 Å². The zero-order chi connectivity index (χ0) is 18.7. The number of hydrogen-bond acceptors (Lipinski definition) is 7. The van der Waals surface area contributed by atoms with Crippen LogP contribution in [0.15, 0.2) is 51.9 Å². The number of benzene rings is 2. The second kappa shape index (κ2) is 7.24. The molecule has 3 rings (SSSR count). The van der Waals surface area contributed by atoms with Gasteiger partial charge in [0.2, 0.25) is 5.89 Å². The molecule has 0 aliphatic rings. The van der Waals surface area contributed by atoms with Crippen LogP contribution in [0.2, 0.25) is 5.02 Å². The average Bonchev–Trinajstić information content (AvgIpc) is 3.01. The summed E-state index contributed by atoms with van der Waals surface area (Å²) in [5, 5.41) is 21.4. The Bertz CT molecular complexity index is 983. The molecule has 1 heterocycles. The Morgan fingerprint density at radius 2 is 2.04 bits per heavy atom. The summed E-state index contributed by atoms with van der Waals surface area (Å²) in [7, 11) is 1.42. The van der Waals surface area contributed by atoms with Crippen LogP contribution >= 0.6 is 11.6 Å². The minimum absolute atomic E-state index is 0.0727. The number of aromatic nitrogens is 1. The minimum Gasteiger partial charge on any atom is -0.494 e. The van der Waals surface area contributed by atoms with E-state index in [-0.39, 0.29) is 23.0 Å². The normalized spacial score (nSPS) is 11.0. The third-order valence-electron chi connectivity index (χ3n) is 3.42. The molecule has 1 N–H and O–H groups in total. The van der Waals surface area contributed by atoms with Crippen LogP contribution in [0.4, 0.5) is 11.4 Å². The summed E-state index contributed by atoms with van der Waals surface area (Å²) < 4.78 is 10.3. The molecule has 0 saturated carbocycles. The van der Waals surface area contributed by atoms with Crippen LogP contribution in [-0.2, 0) is 0 Å². The van der Waals surface area contributed by atoms with E-state index >= 15 is 0 Å². The Hall–Kier alpha value is -3.39. The lowest BCUT2D eigenvalue weighted by atomic mass is 10.2. The lowest BCUT2D eigenvalue weighted by molar-refractivity contribution is -0.384. The van der Waals surface area contributed by atoms with Gasteiger partial charge in [-0.3, -0.25) is 15.1 Å². The summed E-state index contributed by atoms with van der Waals surface area (Å²) in [6.45, 7) is 0. The second-order valence-corrected chi connectivity index (χ2v) is 5.52. The molecule has 0 saturated heterocycles. The van der Waals surface area contributed by atoms with Gasteiger partial charge in [0.25, 0.3) is 5.69 Å². The van der Waals surface area contributed by atoms with Crippen LogP contribution in [0.5, 0.6) is 11.7 Å². The minimum atomic E-state index is -0.537. The van der Waals surface area contributed by atoms with Crippen molar-refractivity contribution in [3.63, 3.8) is 0 Å². The number of non-ortho nitro benzene ring substituents is 1. The summed E-state index contributed by atoms with van der Waals surface area (Å²) in [6.07, 6.45) is 1.24. The first-order valence-electron chi connectivity index (χ1n) is 7.30. The lowest BCUT2D eigenvalue weighted by Crippen LogP contribution is -1.90. The molecule has 26 heavy (non-hydrogen) atoms. The van der Waals surface area contributed by atoms with Gasteiger partial charge < -0.3 is 14.3 Å². The zero-order valence-electron chi connectivity index (χ0n) is 13.4. The number of nitrogens with zero attached hydrogens (tertiary/aromatic N) is 3. The number of methoxy groups -OCH3 is 1. The van der Waals surface area contributed by atoms with Crippen molar-refractivity contribution in [1.29, 1.82) is 0 Å². The van der Waals surface area contributed by atoms with E-state index in [4.69, 9.17) is 20.8 Å². The van der Waals surface area contributed by atoms with Crippen molar-refractivity contribution in [2.45, 2.75) is 0 Å². The van der Waals surface area contributed by atoms with Crippen molar-refractivity contribution in [3.05, 3.63) is 63.3 Å². The van der Waals surface area contributed by atoms with E-state index in [9.17, 15) is 15.2 Å². The first-order valence-corrected chi connectivity index (χ1v) is 7.68. The molecule has 0 aliphatic carbocycles. The predicted molar refractivity (Wildman–Crippen MR) is 95.5 cm³/mol. The third kappa shape index (κ3) is 3.65. The molecule has 8 nitrogen and oxygen atoms in total. The van der Waals surface area contributed by atoms with E-state index in [1.54, 1.807) is 24.3 Å². The van der Waals surface area contributed by atoms with Crippen molar-refractivity contribution < 1.29 is 19.2 Å². The summed E-state index contributed by atoms with van der Waals surface area (Å²) >= 11 is 5.84. The van der Waals surface area contributed by atoms with E-state index < -0.39 is 10.9 Å². The van der Waals surface area contributed by atoms with Gasteiger partial charge in [-0.25, -0.2) is 4.98 Å². The van der Waals surface area contributed by atoms with Crippen molar-refractivity contribution >= 4 is 29.2 Å². The summed E-state index contributed by atoms with van der Waals surface area (Å²) in [4.78, 5) is 18.6. The Morgan fingerprint density at radius 1 is 1.31 bits per heavy atom. The van der Waals surface area contributed by atoms with Gasteiger partial charge in [-0.15, -0.1) is 0 Å². The highest BCUT2D eigenvalue weighted by Crippen LogP contribution is 2.32. The van der Waals surface area contributed by atoms with Gasteiger partial charge in [-0.2, -0.15) is 0 Å². The summed E-state index contributed by atoms with van der Waals surface area (Å²) in [5.74, 6) is 0.0995. The molecule has 3 aromatic rings. The van der Waals surface area contributed by atoms with Crippen LogP contribution in [0, 0.1) is 10.1 Å². The van der Waals surface area contributed by atoms with Gasteiger partial charge in [0.1, 0.15) is 11.4 Å². The van der Waals surface area contributed by atoms with Crippen LogP contribution in [0.3, 0.4) is 0 Å². The van der Waals surface area contributed by atoms with E-state index in [0.29, 0.717) is 16.3 Å². The predicted octanol–water partition coefficient (Wildman–Crippen LogP) is 4.37. The van der Waals surface area contributed by atoms with E-state index in [0.717, 1.165) is 0 Å². The number of halogens is 1. The van der Waals surface area contributed by atoms with Crippen molar-refractivity contribution in [1.82, 2.24) is 4.98 Å². The molecule has 0 atom stereocenters. The monoisotopic (exact) mass is 373 g/mol. The Kier molecular flexibility index (Phi) is 4.85. The third-order valence-corrected chi connectivity index (χ3v) is 3.68.